The van der Waals surface area contributed by atoms with Crippen molar-refractivity contribution in [1.82, 2.24) is 9.88 Å². The van der Waals surface area contributed by atoms with E-state index in [1.807, 2.05) is 24.4 Å². The number of aromatic nitrogens is 1. The first-order valence-electron chi connectivity index (χ1n) is 13.8. The predicted molar refractivity (Wildman–Crippen MR) is 163 cm³/mol. The molecule has 1 atom stereocenters. The zero-order valence-corrected chi connectivity index (χ0v) is 23.7. The minimum atomic E-state index is 0.137. The van der Waals surface area contributed by atoms with Crippen LogP contribution in [0.3, 0.4) is 0 Å². The third kappa shape index (κ3) is 6.44. The monoisotopic (exact) mass is 548 g/mol. The van der Waals surface area contributed by atoms with Crippen LogP contribution in [0.25, 0.3) is 10.8 Å². The third-order valence-corrected chi connectivity index (χ3v) is 7.71. The number of pyridine rings is 1. The van der Waals surface area contributed by atoms with Gasteiger partial charge in [-0.1, -0.05) is 60.7 Å². The van der Waals surface area contributed by atoms with Crippen LogP contribution in [-0.4, -0.2) is 47.9 Å². The Morgan fingerprint density at radius 1 is 0.805 bits per heavy atom. The molecule has 6 rings (SSSR count). The quantitative estimate of drug-likeness (QED) is 0.246. The number of benzene rings is 4. The molecule has 0 saturated carbocycles. The van der Waals surface area contributed by atoms with Gasteiger partial charge in [-0.2, -0.15) is 0 Å². The summed E-state index contributed by atoms with van der Waals surface area (Å²) in [5.74, 6) is 1.29. The molecular weight excluding hydrogens is 512 g/mol. The first-order chi connectivity index (χ1) is 20.0. The molecule has 1 aliphatic heterocycles. The highest BCUT2D eigenvalue weighted by atomic mass is 16.5. The van der Waals surface area contributed by atoms with Crippen LogP contribution in [0.5, 0.6) is 23.0 Å². The van der Waals surface area contributed by atoms with Crippen LogP contribution in [0.15, 0.2) is 97.2 Å². The van der Waals surface area contributed by atoms with Gasteiger partial charge in [-0.05, 0) is 77.9 Å². The largest absolute Gasteiger partial charge is 0.504 e. The number of fused-ring (bicyclic) bond motifs is 2. The van der Waals surface area contributed by atoms with Crippen LogP contribution >= 0.6 is 0 Å². The molecule has 0 fully saturated rings. The Kier molecular flexibility index (Phi) is 8.70. The second kappa shape index (κ2) is 12.7. The lowest BCUT2D eigenvalue weighted by Crippen LogP contribution is -2.33. The van der Waals surface area contributed by atoms with Crippen LogP contribution in [0, 0.1) is 0 Å². The molecule has 4 aromatic carbocycles. The molecule has 5 aromatic rings. The van der Waals surface area contributed by atoms with E-state index >= 15 is 0 Å². The van der Waals surface area contributed by atoms with Gasteiger partial charge >= 0.3 is 0 Å². The molecule has 41 heavy (non-hydrogen) atoms. The van der Waals surface area contributed by atoms with Crippen molar-refractivity contribution in [2.45, 2.75) is 25.3 Å². The average Bonchev–Trinajstić information content (AvgIpc) is 3.00. The Bertz CT molecular complexity index is 1620. The average molecular weight is 549 g/mol. The maximum atomic E-state index is 10.1. The summed E-state index contributed by atoms with van der Waals surface area (Å²) in [6.07, 6.45) is 4.45. The molecule has 2 heterocycles. The number of methoxy groups -OCH3 is 2. The maximum Gasteiger partial charge on any atom is 0.160 e. The highest BCUT2D eigenvalue weighted by molar-refractivity contribution is 5.84. The summed E-state index contributed by atoms with van der Waals surface area (Å²) >= 11 is 0. The van der Waals surface area contributed by atoms with Gasteiger partial charge in [0.1, 0.15) is 0 Å². The smallest absolute Gasteiger partial charge is 0.160 e. The number of phenols is 2. The van der Waals surface area contributed by atoms with Gasteiger partial charge in [0.2, 0.25) is 0 Å². The number of phenolic OH excluding ortho intramolecular Hbond substituents is 2. The molecule has 0 bridgehead atoms. The van der Waals surface area contributed by atoms with Gasteiger partial charge in [-0.25, -0.2) is 0 Å². The Balaban J connectivity index is 0.000000174. The summed E-state index contributed by atoms with van der Waals surface area (Å²) in [6.45, 7) is 0.938. The first-order valence-corrected chi connectivity index (χ1v) is 13.8. The summed E-state index contributed by atoms with van der Waals surface area (Å²) in [5.41, 5.74) is 5.78. The molecule has 6 heteroatoms. The molecule has 2 N–H and O–H groups in total. The molecule has 0 aliphatic carbocycles. The van der Waals surface area contributed by atoms with Crippen molar-refractivity contribution in [3.63, 3.8) is 0 Å². The number of likely N-dealkylation sites (N-methyl/N-ethyl adjacent to an activating group) is 1. The molecule has 1 aromatic heterocycles. The maximum absolute atomic E-state index is 10.1. The number of hydrogen-bond donors (Lipinski definition) is 2. The Labute approximate surface area is 241 Å². The lowest BCUT2D eigenvalue weighted by atomic mass is 9.88. The van der Waals surface area contributed by atoms with Crippen LogP contribution in [0.2, 0.25) is 0 Å². The highest BCUT2D eigenvalue weighted by Crippen LogP contribution is 2.39. The van der Waals surface area contributed by atoms with Crippen LogP contribution in [-0.2, 0) is 19.3 Å². The Hall–Kier alpha value is -4.55. The highest BCUT2D eigenvalue weighted by Gasteiger charge is 2.27. The van der Waals surface area contributed by atoms with Crippen molar-refractivity contribution in [1.29, 1.82) is 0 Å². The normalized spacial score (nSPS) is 14.6. The lowest BCUT2D eigenvalue weighted by Gasteiger charge is -2.35. The van der Waals surface area contributed by atoms with Gasteiger partial charge in [0.15, 0.2) is 23.0 Å². The zero-order valence-electron chi connectivity index (χ0n) is 23.7. The van der Waals surface area contributed by atoms with Crippen molar-refractivity contribution in [3.05, 3.63) is 125 Å². The van der Waals surface area contributed by atoms with Gasteiger partial charge in [0.25, 0.3) is 0 Å². The Morgan fingerprint density at radius 2 is 1.54 bits per heavy atom. The van der Waals surface area contributed by atoms with Crippen LogP contribution < -0.4 is 9.47 Å². The van der Waals surface area contributed by atoms with E-state index in [1.165, 1.54) is 29.0 Å². The standard InChI is InChI=1S/C19H23NO4.C16H13N/c1-20-7-6-13-10-19(24-3)17(22)11-14(13)15(20)8-12-4-5-18(23-2)16(21)9-12;1-2-6-13(7-3-1)12-16-15-9-5-4-8-14(15)10-11-17-16/h4-5,9-11,15,21-22H,6-8H2,1-3H3;1-11H,12H2. The van der Waals surface area contributed by atoms with Crippen LogP contribution in [0.1, 0.15) is 34.0 Å². The van der Waals surface area contributed by atoms with Crippen LogP contribution in [0.4, 0.5) is 0 Å². The molecule has 0 saturated heterocycles. The van der Waals surface area contributed by atoms with Crippen molar-refractivity contribution < 1.29 is 19.7 Å². The summed E-state index contributed by atoms with van der Waals surface area (Å²) < 4.78 is 10.3. The second-order valence-corrected chi connectivity index (χ2v) is 10.3. The fraction of sp³-hybridized carbons (Fsp3) is 0.229. The lowest BCUT2D eigenvalue weighted by molar-refractivity contribution is 0.228. The Morgan fingerprint density at radius 3 is 2.29 bits per heavy atom. The number of ether oxygens (including phenoxy) is 2. The van der Waals surface area contributed by atoms with E-state index in [2.05, 4.69) is 71.5 Å². The van der Waals surface area contributed by atoms with E-state index in [-0.39, 0.29) is 17.5 Å². The van der Waals surface area contributed by atoms with E-state index in [4.69, 9.17) is 9.47 Å². The first kappa shape index (κ1) is 28.0. The van der Waals surface area contributed by atoms with Gasteiger partial charge < -0.3 is 19.7 Å². The van der Waals surface area contributed by atoms with E-state index in [0.717, 1.165) is 42.6 Å². The minimum absolute atomic E-state index is 0.137. The summed E-state index contributed by atoms with van der Waals surface area (Å²) in [4.78, 5) is 6.78. The fourth-order valence-corrected chi connectivity index (χ4v) is 5.47. The molecule has 0 spiro atoms. The molecule has 0 amide bonds. The number of rotatable bonds is 6. The zero-order chi connectivity index (χ0) is 28.8. The van der Waals surface area contributed by atoms with E-state index in [0.29, 0.717) is 11.5 Å². The molecular formula is C35H36N2O4. The molecule has 0 radical (unpaired) electrons. The number of aromatic hydroxyl groups is 2. The van der Waals surface area contributed by atoms with Gasteiger partial charge in [-0.15, -0.1) is 0 Å². The topological polar surface area (TPSA) is 75.0 Å². The summed E-state index contributed by atoms with van der Waals surface area (Å²) in [7, 11) is 5.18. The van der Waals surface area contributed by atoms with Crippen molar-refractivity contribution in [2.24, 2.45) is 0 Å². The molecule has 210 valence electrons. The number of nitrogens with zero attached hydrogens (tertiary/aromatic N) is 2. The van der Waals surface area contributed by atoms with Gasteiger partial charge in [-0.3, -0.25) is 9.88 Å². The van der Waals surface area contributed by atoms with Gasteiger partial charge in [0, 0.05) is 30.6 Å². The van der Waals surface area contributed by atoms with E-state index < -0.39 is 0 Å². The molecule has 1 unspecified atom stereocenters. The summed E-state index contributed by atoms with van der Waals surface area (Å²) in [5, 5.41) is 22.7. The van der Waals surface area contributed by atoms with E-state index in [1.54, 1.807) is 25.3 Å². The minimum Gasteiger partial charge on any atom is -0.504 e. The van der Waals surface area contributed by atoms with E-state index in [9.17, 15) is 10.2 Å². The van der Waals surface area contributed by atoms with Crippen molar-refractivity contribution >= 4 is 10.8 Å². The third-order valence-electron chi connectivity index (χ3n) is 7.71. The fourth-order valence-electron chi connectivity index (χ4n) is 5.47. The SMILES string of the molecule is COc1ccc(CC2c3cc(O)c(OC)cc3CCN2C)cc1O.c1ccc(Cc2nccc3ccccc23)cc1. The van der Waals surface area contributed by atoms with Crippen molar-refractivity contribution in [2.75, 3.05) is 27.8 Å². The second-order valence-electron chi connectivity index (χ2n) is 10.3. The molecule has 6 nitrogen and oxygen atoms in total. The van der Waals surface area contributed by atoms with Crippen molar-refractivity contribution in [3.8, 4) is 23.0 Å². The molecule has 1 aliphatic rings. The van der Waals surface area contributed by atoms with Gasteiger partial charge in [0.05, 0.1) is 19.9 Å². The number of hydrogen-bond acceptors (Lipinski definition) is 6. The summed E-state index contributed by atoms with van der Waals surface area (Å²) in [6, 6.07) is 30.3. The predicted octanol–water partition coefficient (Wildman–Crippen LogP) is 6.71.